The number of hydrogen-bond donors (Lipinski definition) is 0. The molecule has 27 heavy (non-hydrogen) atoms. The summed E-state index contributed by atoms with van der Waals surface area (Å²) in [6, 6.07) is 9.51. The van der Waals surface area contributed by atoms with E-state index in [1.807, 2.05) is 49.1 Å². The number of ether oxygens (including phenoxy) is 2. The summed E-state index contributed by atoms with van der Waals surface area (Å²) in [4.78, 5) is 25.5. The predicted molar refractivity (Wildman–Crippen MR) is 103 cm³/mol. The van der Waals surface area contributed by atoms with Crippen LogP contribution in [0, 0.1) is 6.92 Å². The number of aromatic nitrogens is 2. The molecule has 7 nitrogen and oxygen atoms in total. The van der Waals surface area contributed by atoms with Gasteiger partial charge in [0.25, 0.3) is 0 Å². The molecule has 7 heteroatoms. The molecule has 1 amide bonds. The maximum atomic E-state index is 12.6. The fraction of sp³-hybridized carbons (Fsp3) is 0.450. The minimum absolute atomic E-state index is 0.147. The first-order chi connectivity index (χ1) is 13.1. The van der Waals surface area contributed by atoms with Crippen LogP contribution < -0.4 is 14.4 Å². The maximum absolute atomic E-state index is 12.6. The number of rotatable bonds is 6. The van der Waals surface area contributed by atoms with Gasteiger partial charge < -0.3 is 19.3 Å². The molecule has 0 N–H and O–H groups in total. The normalized spacial score (nSPS) is 14.2. The third-order valence-electron chi connectivity index (χ3n) is 4.56. The molecule has 1 aromatic heterocycles. The number of anilines is 1. The van der Waals surface area contributed by atoms with Crippen LogP contribution in [0.15, 0.2) is 30.3 Å². The lowest BCUT2D eigenvalue weighted by Crippen LogP contribution is -2.49. The van der Waals surface area contributed by atoms with Crippen LogP contribution in [0.1, 0.15) is 18.3 Å². The molecular weight excluding hydrogens is 344 g/mol. The first-order valence-electron chi connectivity index (χ1n) is 9.23. The summed E-state index contributed by atoms with van der Waals surface area (Å²) >= 11 is 0. The zero-order valence-corrected chi connectivity index (χ0v) is 16.1. The third kappa shape index (κ3) is 4.87. The van der Waals surface area contributed by atoms with E-state index in [1.54, 1.807) is 7.11 Å². The topological polar surface area (TPSA) is 67.8 Å². The summed E-state index contributed by atoms with van der Waals surface area (Å²) in [6.07, 6.45) is 0.408. The Hall–Kier alpha value is -2.83. The number of methoxy groups -OCH3 is 1. The molecule has 1 fully saturated rings. The van der Waals surface area contributed by atoms with E-state index in [0.29, 0.717) is 37.8 Å². The van der Waals surface area contributed by atoms with Crippen molar-refractivity contribution in [2.24, 2.45) is 0 Å². The standard InChI is InChI=1S/C20H26N4O3/c1-4-27-19-14-18(21-15(2)22-19)23-9-11-24(12-10-23)20(25)13-16-5-7-17(26-3)8-6-16/h5-8,14H,4,9-13H2,1-3H3. The van der Waals surface area contributed by atoms with Gasteiger partial charge in [0.15, 0.2) is 0 Å². The van der Waals surface area contributed by atoms with Gasteiger partial charge in [-0.15, -0.1) is 0 Å². The molecule has 1 saturated heterocycles. The first-order valence-corrected chi connectivity index (χ1v) is 9.23. The highest BCUT2D eigenvalue weighted by Gasteiger charge is 2.22. The number of benzene rings is 1. The van der Waals surface area contributed by atoms with E-state index in [0.717, 1.165) is 30.2 Å². The van der Waals surface area contributed by atoms with Crippen LogP contribution in [0.5, 0.6) is 11.6 Å². The number of piperazine rings is 1. The minimum atomic E-state index is 0.147. The molecule has 3 rings (SSSR count). The summed E-state index contributed by atoms with van der Waals surface area (Å²) in [6.45, 7) is 7.23. The summed E-state index contributed by atoms with van der Waals surface area (Å²) in [5, 5.41) is 0. The highest BCUT2D eigenvalue weighted by atomic mass is 16.5. The van der Waals surface area contributed by atoms with E-state index in [4.69, 9.17) is 9.47 Å². The molecule has 0 saturated carbocycles. The van der Waals surface area contributed by atoms with Gasteiger partial charge in [-0.2, -0.15) is 4.98 Å². The van der Waals surface area contributed by atoms with Crippen LogP contribution >= 0.6 is 0 Å². The molecule has 144 valence electrons. The van der Waals surface area contributed by atoms with Crippen molar-refractivity contribution in [2.45, 2.75) is 20.3 Å². The number of carbonyl (C=O) groups excluding carboxylic acids is 1. The number of hydrogen-bond acceptors (Lipinski definition) is 6. The van der Waals surface area contributed by atoms with Crippen LogP contribution in [-0.4, -0.2) is 60.7 Å². The van der Waals surface area contributed by atoms with Crippen molar-refractivity contribution < 1.29 is 14.3 Å². The van der Waals surface area contributed by atoms with Crippen molar-refractivity contribution in [1.82, 2.24) is 14.9 Å². The quantitative estimate of drug-likeness (QED) is 0.776. The molecule has 0 spiro atoms. The average Bonchev–Trinajstić information content (AvgIpc) is 2.68. The second kappa shape index (κ2) is 8.70. The summed E-state index contributed by atoms with van der Waals surface area (Å²) in [7, 11) is 1.64. The Morgan fingerprint density at radius 3 is 2.44 bits per heavy atom. The Bertz CT molecular complexity index is 771. The fourth-order valence-electron chi connectivity index (χ4n) is 3.12. The van der Waals surface area contributed by atoms with Crippen molar-refractivity contribution >= 4 is 11.7 Å². The van der Waals surface area contributed by atoms with E-state index < -0.39 is 0 Å². The van der Waals surface area contributed by atoms with Gasteiger partial charge in [-0.1, -0.05) is 12.1 Å². The molecule has 2 aromatic rings. The molecule has 0 bridgehead atoms. The van der Waals surface area contributed by atoms with Crippen molar-refractivity contribution in [1.29, 1.82) is 0 Å². The average molecular weight is 370 g/mol. The predicted octanol–water partition coefficient (Wildman–Crippen LogP) is 2.08. The van der Waals surface area contributed by atoms with E-state index in [1.165, 1.54) is 0 Å². The van der Waals surface area contributed by atoms with Crippen molar-refractivity contribution in [2.75, 3.05) is 44.8 Å². The van der Waals surface area contributed by atoms with Gasteiger partial charge in [0.1, 0.15) is 17.4 Å². The van der Waals surface area contributed by atoms with Crippen LogP contribution in [-0.2, 0) is 11.2 Å². The van der Waals surface area contributed by atoms with Gasteiger partial charge in [-0.25, -0.2) is 4.98 Å². The van der Waals surface area contributed by atoms with Gasteiger partial charge in [0, 0.05) is 32.2 Å². The minimum Gasteiger partial charge on any atom is -0.497 e. The number of nitrogens with zero attached hydrogens (tertiary/aromatic N) is 4. The molecule has 0 atom stereocenters. The fourth-order valence-corrected chi connectivity index (χ4v) is 3.12. The SMILES string of the molecule is CCOc1cc(N2CCN(C(=O)Cc3ccc(OC)cc3)CC2)nc(C)n1. The Morgan fingerprint density at radius 1 is 1.11 bits per heavy atom. The van der Waals surface area contributed by atoms with Crippen molar-refractivity contribution in [3.8, 4) is 11.6 Å². The Kier molecular flexibility index (Phi) is 6.11. The second-order valence-electron chi connectivity index (χ2n) is 6.44. The van der Waals surface area contributed by atoms with Crippen LogP contribution in [0.3, 0.4) is 0 Å². The molecule has 1 aliphatic rings. The molecule has 0 unspecified atom stereocenters. The summed E-state index contributed by atoms with van der Waals surface area (Å²) < 4.78 is 10.7. The van der Waals surface area contributed by atoms with E-state index >= 15 is 0 Å². The number of aryl methyl sites for hydroxylation is 1. The van der Waals surface area contributed by atoms with Gasteiger partial charge in [-0.3, -0.25) is 4.79 Å². The Morgan fingerprint density at radius 2 is 1.81 bits per heavy atom. The van der Waals surface area contributed by atoms with E-state index in [2.05, 4.69) is 14.9 Å². The van der Waals surface area contributed by atoms with Gasteiger partial charge in [-0.05, 0) is 31.5 Å². The second-order valence-corrected chi connectivity index (χ2v) is 6.44. The van der Waals surface area contributed by atoms with Gasteiger partial charge in [0.2, 0.25) is 11.8 Å². The lowest BCUT2D eigenvalue weighted by molar-refractivity contribution is -0.130. The number of amides is 1. The van der Waals surface area contributed by atoms with Crippen molar-refractivity contribution in [3.05, 3.63) is 41.7 Å². The van der Waals surface area contributed by atoms with Gasteiger partial charge >= 0.3 is 0 Å². The zero-order valence-electron chi connectivity index (χ0n) is 16.1. The molecule has 0 aliphatic carbocycles. The monoisotopic (exact) mass is 370 g/mol. The highest BCUT2D eigenvalue weighted by Crippen LogP contribution is 2.20. The molecule has 1 aromatic carbocycles. The van der Waals surface area contributed by atoms with E-state index in [9.17, 15) is 4.79 Å². The van der Waals surface area contributed by atoms with Gasteiger partial charge in [0.05, 0.1) is 20.1 Å². The summed E-state index contributed by atoms with van der Waals surface area (Å²) in [5.74, 6) is 3.08. The molecular formula is C20H26N4O3. The lowest BCUT2D eigenvalue weighted by Gasteiger charge is -2.35. The summed E-state index contributed by atoms with van der Waals surface area (Å²) in [5.41, 5.74) is 0.996. The lowest BCUT2D eigenvalue weighted by atomic mass is 10.1. The molecule has 0 radical (unpaired) electrons. The molecule has 1 aliphatic heterocycles. The van der Waals surface area contributed by atoms with Crippen LogP contribution in [0.2, 0.25) is 0 Å². The van der Waals surface area contributed by atoms with Crippen LogP contribution in [0.25, 0.3) is 0 Å². The highest BCUT2D eigenvalue weighted by molar-refractivity contribution is 5.79. The Balaban J connectivity index is 1.57. The maximum Gasteiger partial charge on any atom is 0.227 e. The molecule has 2 heterocycles. The smallest absolute Gasteiger partial charge is 0.227 e. The van der Waals surface area contributed by atoms with Crippen LogP contribution in [0.4, 0.5) is 5.82 Å². The third-order valence-corrected chi connectivity index (χ3v) is 4.56. The number of carbonyl (C=O) groups is 1. The van der Waals surface area contributed by atoms with E-state index in [-0.39, 0.29) is 5.91 Å². The largest absolute Gasteiger partial charge is 0.497 e. The zero-order chi connectivity index (χ0) is 19.2. The first kappa shape index (κ1) is 18.9. The van der Waals surface area contributed by atoms with Crippen molar-refractivity contribution in [3.63, 3.8) is 0 Å². The Labute approximate surface area is 159 Å².